The van der Waals surface area contributed by atoms with Crippen LogP contribution in [-0.2, 0) is 18.5 Å². The summed E-state index contributed by atoms with van der Waals surface area (Å²) >= 11 is 0. The molecule has 25 heavy (non-hydrogen) atoms. The van der Waals surface area contributed by atoms with E-state index in [0.717, 1.165) is 13.0 Å². The third kappa shape index (κ3) is 3.30. The molecule has 0 radical (unpaired) electrons. The second-order valence-electron chi connectivity index (χ2n) is 8.77. The third-order valence-electron chi connectivity index (χ3n) is 5.76. The zero-order valence-electron chi connectivity index (χ0n) is 15.7. The van der Waals surface area contributed by atoms with Gasteiger partial charge in [0.15, 0.2) is 0 Å². The highest BCUT2D eigenvalue weighted by Gasteiger charge is 2.36. The summed E-state index contributed by atoms with van der Waals surface area (Å²) in [5.41, 5.74) is 4.54. The number of rotatable bonds is 2. The minimum Gasteiger partial charge on any atom is -0.299 e. The molecular weight excluding hydrogens is 306 g/mol. The lowest BCUT2D eigenvalue weighted by molar-refractivity contribution is 0.133. The Hall–Kier alpha value is -1.87. The Kier molecular flexibility index (Phi) is 4.07. The molecule has 1 fully saturated rings. The van der Waals surface area contributed by atoms with Crippen molar-refractivity contribution >= 4 is 6.08 Å². The first-order valence-corrected chi connectivity index (χ1v) is 9.48. The summed E-state index contributed by atoms with van der Waals surface area (Å²) in [6, 6.07) is 10.8. The minimum atomic E-state index is 0.0431. The average Bonchev–Trinajstić information content (AvgIpc) is 3.01. The molecule has 2 aliphatic rings. The topological polar surface area (TPSA) is 21.1 Å². The molecule has 2 aromatic rings. The number of benzene rings is 1. The van der Waals surface area contributed by atoms with Crippen LogP contribution in [0.1, 0.15) is 50.4 Å². The molecule has 2 heterocycles. The predicted octanol–water partition coefficient (Wildman–Crippen LogP) is 4.49. The number of hydrogen-bond acceptors (Lipinski definition) is 2. The van der Waals surface area contributed by atoms with Crippen LogP contribution < -0.4 is 0 Å². The van der Waals surface area contributed by atoms with Crippen molar-refractivity contribution in [2.75, 3.05) is 13.1 Å². The number of aromatic nitrogens is 2. The standard InChI is InChI=1S/C22H29N3/c1-21(2,3)25-20-9-10-22(15-19(20)16-23-25)11-13-24(14-12-22)17-18-7-5-4-6-8-18/h4-10,16H,11-15,17H2,1-3H3. The van der Waals surface area contributed by atoms with E-state index in [4.69, 9.17) is 0 Å². The maximum absolute atomic E-state index is 4.67. The van der Waals surface area contributed by atoms with Crippen LogP contribution in [0.4, 0.5) is 0 Å². The van der Waals surface area contributed by atoms with E-state index in [-0.39, 0.29) is 5.54 Å². The summed E-state index contributed by atoms with van der Waals surface area (Å²) < 4.78 is 2.18. The molecule has 1 aromatic carbocycles. The van der Waals surface area contributed by atoms with E-state index >= 15 is 0 Å². The summed E-state index contributed by atoms with van der Waals surface area (Å²) in [6.45, 7) is 10.1. The molecule has 1 aliphatic carbocycles. The molecule has 0 bridgehead atoms. The van der Waals surface area contributed by atoms with E-state index in [9.17, 15) is 0 Å². The van der Waals surface area contributed by atoms with Crippen molar-refractivity contribution in [3.63, 3.8) is 0 Å². The second kappa shape index (κ2) is 6.14. The molecule has 132 valence electrons. The van der Waals surface area contributed by atoms with Crippen molar-refractivity contribution in [3.8, 4) is 0 Å². The Labute approximate surface area is 151 Å². The van der Waals surface area contributed by atoms with Crippen molar-refractivity contribution in [2.45, 2.75) is 52.1 Å². The maximum Gasteiger partial charge on any atom is 0.0645 e. The highest BCUT2D eigenvalue weighted by molar-refractivity contribution is 5.54. The van der Waals surface area contributed by atoms with Gasteiger partial charge in [-0.15, -0.1) is 0 Å². The Morgan fingerprint density at radius 3 is 2.48 bits per heavy atom. The monoisotopic (exact) mass is 335 g/mol. The zero-order valence-corrected chi connectivity index (χ0v) is 15.7. The van der Waals surface area contributed by atoms with Crippen molar-refractivity contribution in [1.29, 1.82) is 0 Å². The van der Waals surface area contributed by atoms with Gasteiger partial charge in [-0.05, 0) is 75.7 Å². The lowest BCUT2D eigenvalue weighted by Crippen LogP contribution is -2.40. The molecule has 1 spiro atoms. The van der Waals surface area contributed by atoms with Crippen molar-refractivity contribution in [1.82, 2.24) is 14.7 Å². The van der Waals surface area contributed by atoms with E-state index in [2.05, 4.69) is 84.1 Å². The lowest BCUT2D eigenvalue weighted by atomic mass is 9.71. The van der Waals surface area contributed by atoms with Gasteiger partial charge in [0, 0.05) is 6.54 Å². The third-order valence-corrected chi connectivity index (χ3v) is 5.76. The van der Waals surface area contributed by atoms with Crippen LogP contribution in [-0.4, -0.2) is 27.8 Å². The van der Waals surface area contributed by atoms with Gasteiger partial charge < -0.3 is 0 Å². The molecule has 1 aliphatic heterocycles. The Morgan fingerprint density at radius 1 is 1.08 bits per heavy atom. The molecule has 3 heteroatoms. The van der Waals surface area contributed by atoms with Crippen LogP contribution in [0.3, 0.4) is 0 Å². The van der Waals surface area contributed by atoms with Gasteiger partial charge in [0.05, 0.1) is 17.4 Å². The summed E-state index contributed by atoms with van der Waals surface area (Å²) in [6.07, 6.45) is 10.6. The molecular formula is C22H29N3. The molecule has 0 unspecified atom stereocenters. The van der Waals surface area contributed by atoms with E-state index in [1.807, 2.05) is 0 Å². The van der Waals surface area contributed by atoms with Crippen LogP contribution in [0.5, 0.6) is 0 Å². The summed E-state index contributed by atoms with van der Waals surface area (Å²) in [5.74, 6) is 0. The van der Waals surface area contributed by atoms with Gasteiger partial charge in [-0.25, -0.2) is 0 Å². The lowest BCUT2D eigenvalue weighted by Gasteiger charge is -2.41. The summed E-state index contributed by atoms with van der Waals surface area (Å²) in [4.78, 5) is 2.60. The molecule has 4 rings (SSSR count). The number of likely N-dealkylation sites (tertiary alicyclic amines) is 1. The second-order valence-corrected chi connectivity index (χ2v) is 8.77. The molecule has 1 aromatic heterocycles. The fourth-order valence-corrected chi connectivity index (χ4v) is 4.28. The van der Waals surface area contributed by atoms with Crippen molar-refractivity contribution in [3.05, 3.63) is 59.4 Å². The first-order valence-electron chi connectivity index (χ1n) is 9.48. The average molecular weight is 335 g/mol. The molecule has 0 saturated carbocycles. The van der Waals surface area contributed by atoms with Gasteiger partial charge in [-0.1, -0.05) is 36.4 Å². The first kappa shape index (κ1) is 16.6. The van der Waals surface area contributed by atoms with E-state index in [1.54, 1.807) is 0 Å². The molecule has 0 N–H and O–H groups in total. The fraction of sp³-hybridized carbons (Fsp3) is 0.500. The van der Waals surface area contributed by atoms with Crippen LogP contribution in [0.15, 0.2) is 42.6 Å². The molecule has 1 saturated heterocycles. The smallest absolute Gasteiger partial charge is 0.0645 e. The SMILES string of the molecule is CC(C)(C)n1ncc2c1C=CC1(CCN(Cc3ccccc3)CC1)C2. The number of nitrogens with zero attached hydrogens (tertiary/aromatic N) is 3. The van der Waals surface area contributed by atoms with Gasteiger partial charge in [-0.2, -0.15) is 5.10 Å². The summed E-state index contributed by atoms with van der Waals surface area (Å²) in [5, 5.41) is 4.67. The Balaban J connectivity index is 1.44. The number of fused-ring (bicyclic) bond motifs is 1. The molecule has 0 atom stereocenters. The highest BCUT2D eigenvalue weighted by Crippen LogP contribution is 2.41. The maximum atomic E-state index is 4.67. The fourth-order valence-electron chi connectivity index (χ4n) is 4.28. The minimum absolute atomic E-state index is 0.0431. The zero-order chi connectivity index (χ0) is 17.5. The largest absolute Gasteiger partial charge is 0.299 e. The van der Waals surface area contributed by atoms with Gasteiger partial charge in [0.2, 0.25) is 0 Å². The van der Waals surface area contributed by atoms with Crippen LogP contribution >= 0.6 is 0 Å². The number of allylic oxidation sites excluding steroid dienone is 1. The van der Waals surface area contributed by atoms with Gasteiger partial charge in [0.25, 0.3) is 0 Å². The number of piperidine rings is 1. The molecule has 3 nitrogen and oxygen atoms in total. The van der Waals surface area contributed by atoms with Gasteiger partial charge in [-0.3, -0.25) is 9.58 Å². The molecule has 0 amide bonds. The number of hydrogen-bond donors (Lipinski definition) is 0. The van der Waals surface area contributed by atoms with Crippen LogP contribution in [0, 0.1) is 5.41 Å². The Bertz CT molecular complexity index is 756. The van der Waals surface area contributed by atoms with E-state index in [1.165, 1.54) is 42.8 Å². The van der Waals surface area contributed by atoms with Crippen molar-refractivity contribution < 1.29 is 0 Å². The quantitative estimate of drug-likeness (QED) is 0.806. The van der Waals surface area contributed by atoms with Gasteiger partial charge in [0.1, 0.15) is 0 Å². The van der Waals surface area contributed by atoms with Crippen LogP contribution in [0.25, 0.3) is 6.08 Å². The highest BCUT2D eigenvalue weighted by atomic mass is 15.3. The van der Waals surface area contributed by atoms with Gasteiger partial charge >= 0.3 is 0 Å². The van der Waals surface area contributed by atoms with E-state index in [0.29, 0.717) is 5.41 Å². The van der Waals surface area contributed by atoms with Crippen LogP contribution in [0.2, 0.25) is 0 Å². The van der Waals surface area contributed by atoms with E-state index < -0.39 is 0 Å². The first-order chi connectivity index (χ1) is 12.0. The normalized spacial score (nSPS) is 20.0. The predicted molar refractivity (Wildman–Crippen MR) is 103 cm³/mol. The Morgan fingerprint density at radius 2 is 1.80 bits per heavy atom. The summed E-state index contributed by atoms with van der Waals surface area (Å²) in [7, 11) is 0. The van der Waals surface area contributed by atoms with Crippen molar-refractivity contribution in [2.24, 2.45) is 5.41 Å².